The van der Waals surface area contributed by atoms with Gasteiger partial charge in [0.05, 0.1) is 4.08 Å². The molecule has 5 heteroatoms. The molecule has 0 unspecified atom stereocenters. The Kier molecular flexibility index (Phi) is 11.4. The quantitative estimate of drug-likeness (QED) is 0.262. The number of hydrogen-bond donors (Lipinski definition) is 0. The smallest absolute Gasteiger partial charge is 0.332 e. The molecule has 0 rings (SSSR count). The van der Waals surface area contributed by atoms with E-state index in [0.717, 1.165) is 0 Å². The van der Waals surface area contributed by atoms with Crippen molar-refractivity contribution in [2.45, 2.75) is 122 Å². The molecule has 0 N–H and O–H groups in total. The van der Waals surface area contributed by atoms with Gasteiger partial charge in [-0.2, -0.15) is 0 Å². The van der Waals surface area contributed by atoms with Crippen LogP contribution >= 0.6 is 23.5 Å². The Balaban J connectivity index is 0. The summed E-state index contributed by atoms with van der Waals surface area (Å²) in [6.07, 6.45) is 3.20. The third-order valence-corrected chi connectivity index (χ3v) is 5.71. The van der Waals surface area contributed by atoms with Gasteiger partial charge in [0.1, 0.15) is 5.60 Å². The predicted molar refractivity (Wildman–Crippen MR) is 131 cm³/mol. The number of esters is 1. The summed E-state index contributed by atoms with van der Waals surface area (Å²) in [6.45, 7) is 30.1. The average molecular weight is 434 g/mol. The van der Waals surface area contributed by atoms with Gasteiger partial charge < -0.3 is 9.64 Å². The van der Waals surface area contributed by atoms with Crippen molar-refractivity contribution in [2.75, 3.05) is 7.05 Å². The number of hydrogen-bond acceptors (Lipinski definition) is 5. The summed E-state index contributed by atoms with van der Waals surface area (Å²) in [5, 5.41) is 0. The fourth-order valence-electron chi connectivity index (χ4n) is 2.23. The summed E-state index contributed by atoms with van der Waals surface area (Å²) >= 11 is 4.10. The molecule has 0 aromatic heterocycles. The van der Waals surface area contributed by atoms with Crippen LogP contribution in [0.1, 0.15) is 96.9 Å². The molecule has 0 aliphatic rings. The van der Waals surface area contributed by atoms with Crippen molar-refractivity contribution in [3.05, 3.63) is 12.3 Å². The minimum atomic E-state index is -0.429. The Morgan fingerprint density at radius 2 is 1.11 bits per heavy atom. The second kappa shape index (κ2) is 10.7. The molecule has 0 bridgehead atoms. The zero-order valence-electron chi connectivity index (χ0n) is 21.2. The molecule has 0 atom stereocenters. The molecule has 0 radical (unpaired) electrons. The standard InChI is InChI=1S/C12H23NO2.C11H24S2/c1-11(2,3)13(7)9-8-10(14)15-12(4,5)6;1-9(2,3)12-11(7,8)13-10(4,5)6/h8-9H,1-7H3;1-8H3/b9-8+;. The number of nitrogens with zero attached hydrogens (tertiary/aromatic N) is 1. The Bertz CT molecular complexity index is 481. The highest BCUT2D eigenvalue weighted by Crippen LogP contribution is 2.48. The minimum Gasteiger partial charge on any atom is -0.457 e. The van der Waals surface area contributed by atoms with Crippen LogP contribution in [0.4, 0.5) is 0 Å². The summed E-state index contributed by atoms with van der Waals surface area (Å²) in [7, 11) is 1.93. The highest BCUT2D eigenvalue weighted by atomic mass is 32.2. The number of carbonyl (C=O) groups excluding carboxylic acids is 1. The maximum atomic E-state index is 11.4. The second-order valence-corrected chi connectivity index (χ2v) is 16.6. The van der Waals surface area contributed by atoms with Gasteiger partial charge in [-0.3, -0.25) is 0 Å². The van der Waals surface area contributed by atoms with Crippen LogP contribution in [-0.4, -0.2) is 42.6 Å². The van der Waals surface area contributed by atoms with Crippen LogP contribution in [-0.2, 0) is 9.53 Å². The van der Waals surface area contributed by atoms with E-state index in [4.69, 9.17) is 4.74 Å². The van der Waals surface area contributed by atoms with Crippen LogP contribution in [0.3, 0.4) is 0 Å². The molecule has 0 aliphatic heterocycles. The van der Waals surface area contributed by atoms with Gasteiger partial charge >= 0.3 is 5.97 Å². The molecule has 0 aromatic carbocycles. The van der Waals surface area contributed by atoms with Crippen molar-refractivity contribution in [1.82, 2.24) is 4.90 Å². The van der Waals surface area contributed by atoms with Crippen LogP contribution < -0.4 is 0 Å². The van der Waals surface area contributed by atoms with Crippen LogP contribution in [0.2, 0.25) is 0 Å². The average Bonchev–Trinajstić information content (AvgIpc) is 2.26. The molecule has 28 heavy (non-hydrogen) atoms. The molecule has 168 valence electrons. The van der Waals surface area contributed by atoms with Crippen molar-refractivity contribution in [3.63, 3.8) is 0 Å². The lowest BCUT2D eigenvalue weighted by Crippen LogP contribution is -2.34. The van der Waals surface area contributed by atoms with Crippen molar-refractivity contribution < 1.29 is 9.53 Å². The minimum absolute atomic E-state index is 0.0124. The van der Waals surface area contributed by atoms with E-state index >= 15 is 0 Å². The largest absolute Gasteiger partial charge is 0.457 e. The van der Waals surface area contributed by atoms with E-state index in [1.54, 1.807) is 6.20 Å². The Morgan fingerprint density at radius 3 is 1.36 bits per heavy atom. The van der Waals surface area contributed by atoms with E-state index in [9.17, 15) is 4.79 Å². The fraction of sp³-hybridized carbons (Fsp3) is 0.870. The third-order valence-electron chi connectivity index (χ3n) is 3.00. The molecular weight excluding hydrogens is 386 g/mol. The monoisotopic (exact) mass is 433 g/mol. The highest BCUT2D eigenvalue weighted by molar-refractivity contribution is 8.19. The summed E-state index contributed by atoms with van der Waals surface area (Å²) in [5.41, 5.74) is -0.416. The molecular formula is C23H47NO2S2. The highest BCUT2D eigenvalue weighted by Gasteiger charge is 2.30. The number of rotatable bonds is 4. The molecule has 0 aromatic rings. The number of ether oxygens (including phenoxy) is 1. The predicted octanol–water partition coefficient (Wildman–Crippen LogP) is 7.36. The first-order chi connectivity index (χ1) is 11.9. The topological polar surface area (TPSA) is 29.5 Å². The lowest BCUT2D eigenvalue weighted by molar-refractivity contribution is -0.148. The summed E-state index contributed by atoms with van der Waals surface area (Å²) < 4.78 is 6.15. The van der Waals surface area contributed by atoms with Crippen molar-refractivity contribution in [3.8, 4) is 0 Å². The van der Waals surface area contributed by atoms with E-state index in [0.29, 0.717) is 13.6 Å². The van der Waals surface area contributed by atoms with Crippen LogP contribution in [0, 0.1) is 0 Å². The maximum Gasteiger partial charge on any atom is 0.332 e. The van der Waals surface area contributed by atoms with Gasteiger partial charge in [0.15, 0.2) is 0 Å². The zero-order chi connectivity index (χ0) is 23.2. The Hall–Kier alpha value is -0.290. The molecule has 3 nitrogen and oxygen atoms in total. The van der Waals surface area contributed by atoms with E-state index in [1.165, 1.54) is 6.08 Å². The lowest BCUT2D eigenvalue weighted by atomic mass is 10.1. The molecule has 0 saturated heterocycles. The van der Waals surface area contributed by atoms with Gasteiger partial charge in [0.2, 0.25) is 0 Å². The van der Waals surface area contributed by atoms with Gasteiger partial charge in [-0.05, 0) is 55.4 Å². The van der Waals surface area contributed by atoms with E-state index in [-0.39, 0.29) is 11.5 Å². The first-order valence-electron chi connectivity index (χ1n) is 9.98. The van der Waals surface area contributed by atoms with Crippen LogP contribution in [0.5, 0.6) is 0 Å². The molecule has 0 heterocycles. The first-order valence-corrected chi connectivity index (χ1v) is 11.6. The lowest BCUT2D eigenvalue weighted by Gasteiger charge is -2.36. The summed E-state index contributed by atoms with van der Waals surface area (Å²) in [5.74, 6) is -0.307. The summed E-state index contributed by atoms with van der Waals surface area (Å²) in [4.78, 5) is 13.3. The number of thioether (sulfide) groups is 2. The van der Waals surface area contributed by atoms with Crippen molar-refractivity contribution in [2.24, 2.45) is 0 Å². The van der Waals surface area contributed by atoms with Crippen LogP contribution in [0.25, 0.3) is 0 Å². The molecule has 0 fully saturated rings. The Labute approximate surface area is 184 Å². The molecule has 0 amide bonds. The van der Waals surface area contributed by atoms with Crippen molar-refractivity contribution in [1.29, 1.82) is 0 Å². The Morgan fingerprint density at radius 1 is 0.750 bits per heavy atom. The van der Waals surface area contributed by atoms with E-state index in [1.807, 2.05) is 56.2 Å². The summed E-state index contributed by atoms with van der Waals surface area (Å²) in [6, 6.07) is 0. The normalized spacial score (nSPS) is 13.8. The molecule has 0 saturated carbocycles. The maximum absolute atomic E-state index is 11.4. The van der Waals surface area contributed by atoms with Crippen molar-refractivity contribution >= 4 is 29.5 Å². The fourth-order valence-corrected chi connectivity index (χ4v) is 6.84. The van der Waals surface area contributed by atoms with Gasteiger partial charge in [-0.1, -0.05) is 41.5 Å². The van der Waals surface area contributed by atoms with Gasteiger partial charge in [0.25, 0.3) is 0 Å². The second-order valence-electron chi connectivity index (χ2n) is 11.5. The zero-order valence-corrected chi connectivity index (χ0v) is 22.9. The molecule has 0 spiro atoms. The third kappa shape index (κ3) is 20.4. The van der Waals surface area contributed by atoms with Gasteiger partial charge in [-0.15, -0.1) is 23.5 Å². The van der Waals surface area contributed by atoms with Crippen LogP contribution in [0.15, 0.2) is 12.3 Å². The number of carbonyl (C=O) groups is 1. The van der Waals surface area contributed by atoms with E-state index in [2.05, 4.69) is 76.2 Å². The first kappa shape index (κ1) is 29.9. The van der Waals surface area contributed by atoms with E-state index < -0.39 is 5.60 Å². The van der Waals surface area contributed by atoms with Gasteiger partial charge in [-0.25, -0.2) is 4.79 Å². The van der Waals surface area contributed by atoms with Gasteiger partial charge in [0, 0.05) is 34.4 Å². The molecule has 0 aliphatic carbocycles. The SMILES string of the molecule is CC(C)(C)SC(C)(C)SC(C)(C)C.CN(/C=C/C(=O)OC(C)(C)C)C(C)(C)C.